The smallest absolute Gasteiger partial charge is 0.346 e. The third kappa shape index (κ3) is 6.37. The number of nitrogens with two attached hydrogens (primary N) is 1. The van der Waals surface area contributed by atoms with Gasteiger partial charge in [0, 0.05) is 68.0 Å². The maximum atomic E-state index is 17.4. The number of nitrogens with zero attached hydrogens (tertiary/aromatic N) is 9. The van der Waals surface area contributed by atoms with Gasteiger partial charge in [0.05, 0.1) is 27.4 Å². The maximum absolute atomic E-state index is 17.4. The Balaban J connectivity index is 1.15. The fraction of sp³-hybridized carbons (Fsp3) is 0.487. The van der Waals surface area contributed by atoms with Crippen molar-refractivity contribution in [1.82, 2.24) is 34.5 Å². The lowest BCUT2D eigenvalue weighted by Gasteiger charge is -2.52. The van der Waals surface area contributed by atoms with Crippen molar-refractivity contribution in [2.24, 2.45) is 11.3 Å². The summed E-state index contributed by atoms with van der Waals surface area (Å²) in [6, 6.07) is 5.26. The molecule has 0 spiro atoms. The van der Waals surface area contributed by atoms with Gasteiger partial charge in [-0.2, -0.15) is 29.3 Å². The summed E-state index contributed by atoms with van der Waals surface area (Å²) in [4.78, 5) is 32.2. The lowest BCUT2D eigenvalue weighted by Crippen LogP contribution is -2.65. The summed E-state index contributed by atoms with van der Waals surface area (Å²) < 4.78 is 73.8. The van der Waals surface area contributed by atoms with Crippen LogP contribution in [0.1, 0.15) is 44.6 Å². The lowest BCUT2D eigenvalue weighted by atomic mass is 9.78. The Hall–Kier alpha value is -4.83. The number of aromatic nitrogens is 5. The lowest BCUT2D eigenvalue weighted by molar-refractivity contribution is 0.00908. The molecule has 2 N–H and O–H groups in total. The van der Waals surface area contributed by atoms with Gasteiger partial charge in [0.15, 0.2) is 5.82 Å². The Morgan fingerprint density at radius 3 is 2.74 bits per heavy atom. The zero-order valence-electron chi connectivity index (χ0n) is 31.7. The van der Waals surface area contributed by atoms with E-state index in [0.717, 1.165) is 54.6 Å². The predicted octanol–water partition coefficient (Wildman–Crippen LogP) is 6.80. The van der Waals surface area contributed by atoms with Gasteiger partial charge < -0.3 is 25.0 Å². The number of carbonyl (C=O) groups excluding carboxylic acids is 1. The number of thiophene rings is 1. The molecule has 6 heterocycles. The largest absolute Gasteiger partial charge is 0.461 e. The number of methoxy groups -OCH3 is 1. The Kier molecular flexibility index (Phi) is 9.65. The molecule has 4 atom stereocenters. The fourth-order valence-electron chi connectivity index (χ4n) is 9.48. The summed E-state index contributed by atoms with van der Waals surface area (Å²) in [5, 5.41) is 14.0. The van der Waals surface area contributed by atoms with Crippen LogP contribution < -0.4 is 15.4 Å². The minimum Gasteiger partial charge on any atom is -0.461 e. The van der Waals surface area contributed by atoms with Gasteiger partial charge in [-0.15, -0.1) is 16.4 Å². The van der Waals surface area contributed by atoms with Gasteiger partial charge in [0.25, 0.3) is 0 Å². The molecule has 4 aliphatic rings. The summed E-state index contributed by atoms with van der Waals surface area (Å²) in [7, 11) is 1.56. The van der Waals surface area contributed by atoms with Gasteiger partial charge in [0.2, 0.25) is 0 Å². The average Bonchev–Trinajstić information content (AvgIpc) is 3.51. The fourth-order valence-corrected chi connectivity index (χ4v) is 10.7. The number of likely N-dealkylation sites (tertiary alicyclic amines) is 1. The summed E-state index contributed by atoms with van der Waals surface area (Å²) in [6.07, 6.45) is 2.74. The van der Waals surface area contributed by atoms with Crippen molar-refractivity contribution >= 4 is 60.8 Å². The van der Waals surface area contributed by atoms with E-state index in [9.17, 15) is 18.8 Å². The molecule has 3 aromatic heterocycles. The van der Waals surface area contributed by atoms with Crippen LogP contribution in [-0.4, -0.2) is 111 Å². The predicted molar refractivity (Wildman–Crippen MR) is 209 cm³/mol. The molecule has 304 valence electrons. The first-order chi connectivity index (χ1) is 27.8. The van der Waals surface area contributed by atoms with Gasteiger partial charge in [-0.25, -0.2) is 18.0 Å². The number of amides is 1. The molecule has 1 amide bonds. The second kappa shape index (κ2) is 14.5. The van der Waals surface area contributed by atoms with Gasteiger partial charge in [0.1, 0.15) is 47.3 Å². The Morgan fingerprint density at radius 2 is 2.02 bits per heavy atom. The van der Waals surface area contributed by atoms with Gasteiger partial charge >= 0.3 is 18.1 Å². The highest BCUT2D eigenvalue weighted by Gasteiger charge is 2.58. The molecule has 2 aromatic carbocycles. The highest BCUT2D eigenvalue weighted by atomic mass is 35.5. The molecular weight excluding hydrogens is 800 g/mol. The maximum Gasteiger partial charge on any atom is 0.346 e. The van der Waals surface area contributed by atoms with Crippen LogP contribution in [0, 0.1) is 40.4 Å². The molecule has 19 heteroatoms. The number of carbonyl (C=O) groups is 1. The van der Waals surface area contributed by atoms with Crippen LogP contribution in [0.15, 0.2) is 24.5 Å². The molecule has 0 unspecified atom stereocenters. The van der Waals surface area contributed by atoms with Crippen LogP contribution in [0.4, 0.5) is 33.2 Å². The number of alkyl halides is 1. The molecule has 3 saturated heterocycles. The molecule has 13 nitrogen and oxygen atoms in total. The first-order valence-corrected chi connectivity index (χ1v) is 20.3. The topological polar surface area (TPSA) is 152 Å². The Morgan fingerprint density at radius 1 is 1.21 bits per heavy atom. The van der Waals surface area contributed by atoms with E-state index in [1.165, 1.54) is 12.1 Å². The van der Waals surface area contributed by atoms with Crippen LogP contribution in [0.2, 0.25) is 5.02 Å². The normalized spacial score (nSPS) is 23.6. The van der Waals surface area contributed by atoms with Crippen molar-refractivity contribution < 1.29 is 31.8 Å². The highest BCUT2D eigenvalue weighted by molar-refractivity contribution is 7.23. The van der Waals surface area contributed by atoms with E-state index in [4.69, 9.17) is 31.8 Å². The number of benzene rings is 2. The quantitative estimate of drug-likeness (QED) is 0.140. The molecule has 9 rings (SSSR count). The number of anilines is 2. The molecule has 4 fully saturated rings. The number of fused-ring (bicyclic) bond motifs is 3. The number of nitrogen functional groups attached to an aromatic ring is 1. The van der Waals surface area contributed by atoms with Crippen molar-refractivity contribution in [3.63, 3.8) is 0 Å². The number of hydrogen-bond donors (Lipinski definition) is 1. The first kappa shape index (κ1) is 38.7. The molecule has 0 radical (unpaired) electrons. The third-order valence-electron chi connectivity index (χ3n) is 12.5. The molecule has 1 saturated carbocycles. The second-order valence-electron chi connectivity index (χ2n) is 16.1. The third-order valence-corrected chi connectivity index (χ3v) is 13.8. The van der Waals surface area contributed by atoms with E-state index in [0.29, 0.717) is 38.4 Å². The Bertz CT molecular complexity index is 2510. The van der Waals surface area contributed by atoms with Crippen LogP contribution in [-0.2, 0) is 4.74 Å². The molecule has 3 aliphatic heterocycles. The zero-order chi connectivity index (χ0) is 40.7. The van der Waals surface area contributed by atoms with Crippen LogP contribution in [0.25, 0.3) is 32.1 Å². The van der Waals surface area contributed by atoms with E-state index in [1.807, 2.05) is 11.0 Å². The van der Waals surface area contributed by atoms with E-state index in [-0.39, 0.29) is 84.3 Å². The van der Waals surface area contributed by atoms with Gasteiger partial charge in [-0.1, -0.05) is 24.6 Å². The summed E-state index contributed by atoms with van der Waals surface area (Å²) in [6.45, 7) is 4.47. The molecule has 1 aliphatic carbocycles. The first-order valence-electron chi connectivity index (χ1n) is 19.1. The second-order valence-corrected chi connectivity index (χ2v) is 17.5. The van der Waals surface area contributed by atoms with Crippen molar-refractivity contribution in [3.8, 4) is 23.2 Å². The number of nitriles is 1. The van der Waals surface area contributed by atoms with Crippen molar-refractivity contribution in [1.29, 1.82) is 5.26 Å². The Labute approximate surface area is 339 Å². The minimum absolute atomic E-state index is 0.00667. The van der Waals surface area contributed by atoms with Crippen molar-refractivity contribution in [2.75, 3.05) is 63.7 Å². The molecule has 0 bridgehead atoms. The molecular formula is C39H39ClF4N10O3S. The van der Waals surface area contributed by atoms with Crippen LogP contribution in [0.3, 0.4) is 0 Å². The number of halogens is 5. The van der Waals surface area contributed by atoms with Crippen molar-refractivity contribution in [3.05, 3.63) is 52.8 Å². The van der Waals surface area contributed by atoms with E-state index < -0.39 is 35.5 Å². The highest BCUT2D eigenvalue weighted by Crippen LogP contribution is 2.56. The summed E-state index contributed by atoms with van der Waals surface area (Å²) in [5.74, 6) is -1.26. The summed E-state index contributed by atoms with van der Waals surface area (Å²) in [5.41, 5.74) is 5.31. The van der Waals surface area contributed by atoms with E-state index >= 15 is 8.78 Å². The van der Waals surface area contributed by atoms with E-state index in [2.05, 4.69) is 26.9 Å². The summed E-state index contributed by atoms with van der Waals surface area (Å²) >= 11 is 7.87. The minimum atomic E-state index is -1.00. The average molecular weight is 839 g/mol. The number of rotatable bonds is 11. The zero-order valence-corrected chi connectivity index (χ0v) is 33.2. The monoisotopic (exact) mass is 838 g/mol. The SMILES string of the molecule is COCCN(C[C@@H]1CN(C(=O)n2cnc(F)n2)[C@@H]1C1(C)CC1)c1nc(OC[C@@]23CCCN2C[C@H](F)C3)nc2c(F)c(-c3ccc(F)c4sc(N)c(C#N)c34)c(Cl)cc12. The van der Waals surface area contributed by atoms with Gasteiger partial charge in [-0.3, -0.25) is 4.90 Å². The molecule has 58 heavy (non-hydrogen) atoms. The number of ether oxygens (including phenoxy) is 2. The standard InChI is InChI=1S/C39H39ClF4N10O3S/c1-38(7-8-38)32-20(16-53(32)37(55)54-19-47-35(44)50-54)15-51(10-11-56-2)34-23-12-25(40)28(22-4-5-26(42)31-27(22)24(14-45)33(46)58-31)29(43)30(23)48-36(49-34)57-18-39-6-3-9-52(39)17-21(41)13-39/h4-5,12,19-21,32H,3,6-11,13,15-18,46H2,1-2H3/t20-,21-,32+,39+/m1/s1. The molecule has 5 aromatic rings. The van der Waals surface area contributed by atoms with Crippen molar-refractivity contribution in [2.45, 2.75) is 56.8 Å². The van der Waals surface area contributed by atoms with E-state index in [1.54, 1.807) is 18.1 Å². The van der Waals surface area contributed by atoms with Crippen LogP contribution in [0.5, 0.6) is 6.01 Å². The van der Waals surface area contributed by atoms with Gasteiger partial charge in [-0.05, 0) is 55.3 Å². The number of hydrogen-bond acceptors (Lipinski definition) is 12. The van der Waals surface area contributed by atoms with Crippen LogP contribution >= 0.6 is 22.9 Å².